The molecular weight excluding hydrogens is 247 g/mol. The van der Waals surface area contributed by atoms with E-state index in [0.29, 0.717) is 6.54 Å². The van der Waals surface area contributed by atoms with Crippen LogP contribution in [-0.4, -0.2) is 18.5 Å². The molecule has 0 bridgehead atoms. The third kappa shape index (κ3) is 3.16. The molecule has 0 aliphatic rings. The Kier molecular flexibility index (Phi) is 4.47. The Labute approximate surface area is 111 Å². The van der Waals surface area contributed by atoms with Crippen LogP contribution >= 0.6 is 11.3 Å². The number of rotatable bonds is 5. The van der Waals surface area contributed by atoms with Crippen molar-refractivity contribution in [2.45, 2.75) is 12.6 Å². The van der Waals surface area contributed by atoms with Crippen molar-refractivity contribution in [3.8, 4) is 0 Å². The third-order valence-corrected chi connectivity index (χ3v) is 3.73. The van der Waals surface area contributed by atoms with Crippen molar-refractivity contribution >= 4 is 11.3 Å². The molecule has 1 unspecified atom stereocenters. The van der Waals surface area contributed by atoms with Gasteiger partial charge in [-0.05, 0) is 47.1 Å². The fraction of sp³-hybridized carbons (Fsp3) is 0.286. The molecule has 4 heteroatoms. The summed E-state index contributed by atoms with van der Waals surface area (Å²) in [7, 11) is 2.01. The van der Waals surface area contributed by atoms with Crippen molar-refractivity contribution in [1.82, 2.24) is 4.90 Å². The first kappa shape index (κ1) is 13.2. The molecule has 0 aliphatic carbocycles. The number of hydrogen-bond donors (Lipinski definition) is 1. The Morgan fingerprint density at radius 3 is 2.83 bits per heavy atom. The highest BCUT2D eigenvalue weighted by Gasteiger charge is 2.16. The first-order chi connectivity index (χ1) is 8.70. The Balaban J connectivity index is 2.12. The fourth-order valence-electron chi connectivity index (χ4n) is 2.07. The predicted octanol–water partition coefficient (Wildman–Crippen LogP) is 3.02. The lowest BCUT2D eigenvalue weighted by atomic mass is 10.1. The molecule has 0 spiro atoms. The van der Waals surface area contributed by atoms with Gasteiger partial charge in [-0.2, -0.15) is 11.3 Å². The third-order valence-electron chi connectivity index (χ3n) is 3.00. The lowest BCUT2D eigenvalue weighted by molar-refractivity contribution is 0.241. The van der Waals surface area contributed by atoms with E-state index in [2.05, 4.69) is 21.7 Å². The van der Waals surface area contributed by atoms with Crippen LogP contribution in [0.3, 0.4) is 0 Å². The van der Waals surface area contributed by atoms with Gasteiger partial charge >= 0.3 is 0 Å². The number of nitrogens with zero attached hydrogens (tertiary/aromatic N) is 1. The second kappa shape index (κ2) is 6.09. The first-order valence-electron chi connectivity index (χ1n) is 5.87. The van der Waals surface area contributed by atoms with Crippen LogP contribution in [0, 0.1) is 5.82 Å². The topological polar surface area (TPSA) is 29.3 Å². The van der Waals surface area contributed by atoms with Gasteiger partial charge in [0.15, 0.2) is 0 Å². The summed E-state index contributed by atoms with van der Waals surface area (Å²) < 4.78 is 13.2. The van der Waals surface area contributed by atoms with Crippen molar-refractivity contribution in [2.75, 3.05) is 13.6 Å². The van der Waals surface area contributed by atoms with Crippen LogP contribution < -0.4 is 5.73 Å². The van der Waals surface area contributed by atoms with Crippen molar-refractivity contribution in [3.63, 3.8) is 0 Å². The van der Waals surface area contributed by atoms with Gasteiger partial charge < -0.3 is 5.73 Å². The van der Waals surface area contributed by atoms with Gasteiger partial charge in [0.2, 0.25) is 0 Å². The zero-order valence-electron chi connectivity index (χ0n) is 10.3. The van der Waals surface area contributed by atoms with Crippen molar-refractivity contribution in [2.24, 2.45) is 5.73 Å². The van der Waals surface area contributed by atoms with E-state index in [-0.39, 0.29) is 11.9 Å². The molecule has 0 aliphatic heterocycles. The number of halogens is 1. The number of likely N-dealkylation sites (N-methyl/N-ethyl adjacent to an activating group) is 1. The molecule has 0 fully saturated rings. The van der Waals surface area contributed by atoms with E-state index >= 15 is 0 Å². The second-order valence-electron chi connectivity index (χ2n) is 4.35. The largest absolute Gasteiger partial charge is 0.329 e. The van der Waals surface area contributed by atoms with E-state index in [1.54, 1.807) is 23.5 Å². The van der Waals surface area contributed by atoms with Gasteiger partial charge in [-0.3, -0.25) is 4.90 Å². The van der Waals surface area contributed by atoms with Crippen LogP contribution in [0.25, 0.3) is 0 Å². The summed E-state index contributed by atoms with van der Waals surface area (Å²) in [5.41, 5.74) is 8.01. The minimum absolute atomic E-state index is 0.0422. The van der Waals surface area contributed by atoms with Gasteiger partial charge in [-0.15, -0.1) is 0 Å². The fourth-order valence-corrected chi connectivity index (χ4v) is 2.72. The van der Waals surface area contributed by atoms with Gasteiger partial charge in [-0.1, -0.05) is 12.1 Å². The van der Waals surface area contributed by atoms with Gasteiger partial charge in [0.05, 0.1) is 0 Å². The molecule has 96 valence electrons. The van der Waals surface area contributed by atoms with E-state index in [0.717, 1.165) is 12.1 Å². The molecule has 0 radical (unpaired) electrons. The lowest BCUT2D eigenvalue weighted by Crippen LogP contribution is -2.30. The summed E-state index contributed by atoms with van der Waals surface area (Å²) in [6.45, 7) is 1.30. The maximum atomic E-state index is 13.2. The lowest BCUT2D eigenvalue weighted by Gasteiger charge is -2.27. The molecule has 1 aromatic heterocycles. The summed E-state index contributed by atoms with van der Waals surface area (Å²) >= 11 is 1.68. The summed E-state index contributed by atoms with van der Waals surface area (Å²) in [5, 5.41) is 4.18. The van der Waals surface area contributed by atoms with E-state index in [4.69, 9.17) is 5.73 Å². The Hall–Kier alpha value is -1.23. The summed E-state index contributed by atoms with van der Waals surface area (Å²) in [4.78, 5) is 2.15. The molecule has 2 N–H and O–H groups in total. The maximum absolute atomic E-state index is 13.2. The minimum atomic E-state index is -0.213. The first-order valence-corrected chi connectivity index (χ1v) is 6.82. The van der Waals surface area contributed by atoms with Crippen molar-refractivity contribution < 1.29 is 4.39 Å². The zero-order chi connectivity index (χ0) is 13.0. The predicted molar refractivity (Wildman–Crippen MR) is 74.0 cm³/mol. The average molecular weight is 264 g/mol. The molecule has 1 aromatic carbocycles. The van der Waals surface area contributed by atoms with Crippen LogP contribution in [0.15, 0.2) is 41.1 Å². The molecule has 2 nitrogen and oxygen atoms in total. The van der Waals surface area contributed by atoms with Gasteiger partial charge in [0.1, 0.15) is 5.82 Å². The van der Waals surface area contributed by atoms with Gasteiger partial charge in [0, 0.05) is 19.1 Å². The van der Waals surface area contributed by atoms with E-state index in [1.165, 1.54) is 11.6 Å². The number of nitrogens with two attached hydrogens (primary N) is 1. The zero-order valence-corrected chi connectivity index (χ0v) is 11.2. The molecule has 2 rings (SSSR count). The Bertz CT molecular complexity index is 484. The van der Waals surface area contributed by atoms with Crippen LogP contribution in [-0.2, 0) is 6.54 Å². The molecule has 0 amide bonds. The molecule has 1 heterocycles. The second-order valence-corrected chi connectivity index (χ2v) is 5.13. The monoisotopic (exact) mass is 264 g/mol. The Morgan fingerprint density at radius 1 is 1.39 bits per heavy atom. The molecular formula is C14H17FN2S. The van der Waals surface area contributed by atoms with Gasteiger partial charge in [-0.25, -0.2) is 4.39 Å². The van der Waals surface area contributed by atoms with Crippen LogP contribution in [0.1, 0.15) is 17.2 Å². The number of benzene rings is 1. The highest BCUT2D eigenvalue weighted by molar-refractivity contribution is 7.07. The van der Waals surface area contributed by atoms with E-state index in [9.17, 15) is 4.39 Å². The maximum Gasteiger partial charge on any atom is 0.123 e. The summed E-state index contributed by atoms with van der Waals surface area (Å²) in [5.74, 6) is -0.213. The van der Waals surface area contributed by atoms with Crippen molar-refractivity contribution in [1.29, 1.82) is 0 Å². The molecule has 0 saturated carbocycles. The minimum Gasteiger partial charge on any atom is -0.329 e. The van der Waals surface area contributed by atoms with Crippen molar-refractivity contribution in [3.05, 3.63) is 58.0 Å². The highest BCUT2D eigenvalue weighted by atomic mass is 32.1. The quantitative estimate of drug-likeness (QED) is 0.899. The van der Waals surface area contributed by atoms with Crippen LogP contribution in [0.2, 0.25) is 0 Å². The molecule has 18 heavy (non-hydrogen) atoms. The molecule has 2 aromatic rings. The Morgan fingerprint density at radius 2 is 2.22 bits per heavy atom. The average Bonchev–Trinajstić information content (AvgIpc) is 2.83. The molecule has 1 atom stereocenters. The van der Waals surface area contributed by atoms with E-state index < -0.39 is 0 Å². The normalized spacial score (nSPS) is 12.9. The number of hydrogen-bond acceptors (Lipinski definition) is 3. The summed E-state index contributed by atoms with van der Waals surface area (Å²) in [6, 6.07) is 8.80. The smallest absolute Gasteiger partial charge is 0.123 e. The number of thiophene rings is 1. The summed E-state index contributed by atoms with van der Waals surface area (Å²) in [6.07, 6.45) is 0. The highest BCUT2D eigenvalue weighted by Crippen LogP contribution is 2.21. The van der Waals surface area contributed by atoms with Crippen LogP contribution in [0.5, 0.6) is 0 Å². The van der Waals surface area contributed by atoms with E-state index in [1.807, 2.05) is 13.1 Å². The molecule has 0 saturated heterocycles. The SMILES string of the molecule is CN(Cc1ccsc1)C(CN)c1cccc(F)c1. The van der Waals surface area contributed by atoms with Gasteiger partial charge in [0.25, 0.3) is 0 Å². The standard InChI is InChI=1S/C14H17FN2S/c1-17(9-11-5-6-18-10-11)14(8-16)12-3-2-4-13(15)7-12/h2-7,10,14H,8-9,16H2,1H3. The van der Waals surface area contributed by atoms with Crippen LogP contribution in [0.4, 0.5) is 4.39 Å².